The summed E-state index contributed by atoms with van der Waals surface area (Å²) in [5.74, 6) is -0.120. The van der Waals surface area contributed by atoms with Crippen molar-refractivity contribution in [3.8, 4) is 0 Å². The fraction of sp³-hybridized carbons (Fsp3) is 0.308. The predicted octanol–water partition coefficient (Wildman–Crippen LogP) is 2.45. The van der Waals surface area contributed by atoms with Gasteiger partial charge in [-0.2, -0.15) is 0 Å². The Morgan fingerprint density at radius 1 is 1.37 bits per heavy atom. The van der Waals surface area contributed by atoms with Crippen molar-refractivity contribution in [2.45, 2.75) is 13.0 Å². The molecule has 2 unspecified atom stereocenters. The average molecular weight is 293 g/mol. The number of carbonyl (C=O) groups is 2. The lowest BCUT2D eigenvalue weighted by molar-refractivity contribution is -0.141. The van der Waals surface area contributed by atoms with Crippen LogP contribution < -0.4 is 0 Å². The lowest BCUT2D eigenvalue weighted by Gasteiger charge is -2.14. The van der Waals surface area contributed by atoms with Crippen LogP contribution in [0, 0.1) is 11.8 Å². The van der Waals surface area contributed by atoms with Gasteiger partial charge in [-0.3, -0.25) is 19.5 Å². The summed E-state index contributed by atoms with van der Waals surface area (Å²) in [6.45, 7) is 0.349. The normalized spacial score (nSPS) is 25.2. The molecule has 2 fully saturated rings. The first kappa shape index (κ1) is 11.4. The summed E-state index contributed by atoms with van der Waals surface area (Å²) >= 11 is 7.59. The molecule has 4 nitrogen and oxygen atoms in total. The largest absolute Gasteiger partial charge is 0.277 e. The minimum Gasteiger partial charge on any atom is -0.277 e. The van der Waals surface area contributed by atoms with Crippen LogP contribution in [0.4, 0.5) is 0 Å². The van der Waals surface area contributed by atoms with Gasteiger partial charge in [-0.05, 0) is 18.6 Å². The number of thiophene rings is 1. The molecule has 2 atom stereocenters. The van der Waals surface area contributed by atoms with Gasteiger partial charge in [-0.1, -0.05) is 11.6 Å². The van der Waals surface area contributed by atoms with Gasteiger partial charge in [0, 0.05) is 11.1 Å². The first-order chi connectivity index (χ1) is 9.15. The number of hydrogen-bond acceptors (Lipinski definition) is 4. The molecule has 1 saturated carbocycles. The lowest BCUT2D eigenvalue weighted by Crippen LogP contribution is -2.31. The second-order valence-electron chi connectivity index (χ2n) is 4.93. The van der Waals surface area contributed by atoms with Gasteiger partial charge in [0.1, 0.15) is 0 Å². The number of pyridine rings is 1. The van der Waals surface area contributed by atoms with E-state index in [4.69, 9.17) is 11.6 Å². The van der Waals surface area contributed by atoms with Crippen LogP contribution in [0.1, 0.15) is 11.3 Å². The standard InChI is InChI=1S/C13H9ClN2O2S/c14-9-1-2-15-10-3-6(19-11(9)10)5-16-12(17)7-4-8(7)13(16)18/h1-3,7-8H,4-5H2. The molecule has 2 aromatic rings. The number of rotatable bonds is 2. The molecule has 2 aromatic heterocycles. The zero-order valence-electron chi connectivity index (χ0n) is 9.80. The Bertz CT molecular complexity index is 707. The van der Waals surface area contributed by atoms with E-state index < -0.39 is 0 Å². The Labute approximate surface area is 118 Å². The summed E-state index contributed by atoms with van der Waals surface area (Å²) < 4.78 is 0.906. The third kappa shape index (κ3) is 1.61. The number of piperidine rings is 1. The Morgan fingerprint density at radius 3 is 2.79 bits per heavy atom. The number of likely N-dealkylation sites (tertiary alicyclic amines) is 1. The number of carbonyl (C=O) groups excluding carboxylic acids is 2. The van der Waals surface area contributed by atoms with Crippen LogP contribution in [-0.2, 0) is 16.1 Å². The maximum absolute atomic E-state index is 11.9. The van der Waals surface area contributed by atoms with E-state index in [1.807, 2.05) is 6.07 Å². The fourth-order valence-corrected chi connectivity index (χ4v) is 3.87. The monoisotopic (exact) mass is 292 g/mol. The average Bonchev–Trinajstić information content (AvgIpc) is 3.02. The third-order valence-electron chi connectivity index (χ3n) is 3.69. The fourth-order valence-electron chi connectivity index (χ4n) is 2.60. The number of imide groups is 1. The van der Waals surface area contributed by atoms with Crippen LogP contribution in [0.3, 0.4) is 0 Å². The van der Waals surface area contributed by atoms with Crippen molar-refractivity contribution in [3.05, 3.63) is 28.2 Å². The quantitative estimate of drug-likeness (QED) is 0.799. The lowest BCUT2D eigenvalue weighted by atomic mass is 10.3. The van der Waals surface area contributed by atoms with Crippen LogP contribution in [0.5, 0.6) is 0 Å². The van der Waals surface area contributed by atoms with Gasteiger partial charge in [0.05, 0.1) is 33.6 Å². The molecule has 6 heteroatoms. The van der Waals surface area contributed by atoms with E-state index in [2.05, 4.69) is 4.98 Å². The van der Waals surface area contributed by atoms with E-state index in [1.165, 1.54) is 16.2 Å². The molecule has 96 valence electrons. The minimum atomic E-state index is -0.0383. The molecule has 19 heavy (non-hydrogen) atoms. The first-order valence-corrected chi connectivity index (χ1v) is 7.23. The highest BCUT2D eigenvalue weighted by Crippen LogP contribution is 2.47. The van der Waals surface area contributed by atoms with Crippen molar-refractivity contribution < 1.29 is 9.59 Å². The maximum atomic E-state index is 11.9. The van der Waals surface area contributed by atoms with Crippen molar-refractivity contribution in [3.63, 3.8) is 0 Å². The molecule has 1 saturated heterocycles. The zero-order chi connectivity index (χ0) is 13.1. The highest BCUT2D eigenvalue weighted by atomic mass is 35.5. The van der Waals surface area contributed by atoms with Crippen LogP contribution in [0.25, 0.3) is 10.2 Å². The van der Waals surface area contributed by atoms with Gasteiger partial charge in [-0.25, -0.2) is 0 Å². The molecule has 2 amide bonds. The summed E-state index contributed by atoms with van der Waals surface area (Å²) in [5, 5.41) is 0.656. The Balaban J connectivity index is 1.67. The van der Waals surface area contributed by atoms with E-state index >= 15 is 0 Å². The molecule has 1 aliphatic heterocycles. The van der Waals surface area contributed by atoms with Crippen LogP contribution in [0.15, 0.2) is 18.3 Å². The molecule has 0 radical (unpaired) electrons. The first-order valence-electron chi connectivity index (χ1n) is 6.03. The smallest absolute Gasteiger partial charge is 0.233 e. The predicted molar refractivity (Wildman–Crippen MR) is 71.8 cm³/mol. The van der Waals surface area contributed by atoms with Gasteiger partial charge in [0.15, 0.2) is 0 Å². The number of nitrogens with zero attached hydrogens (tertiary/aromatic N) is 2. The molecule has 4 rings (SSSR count). The van der Waals surface area contributed by atoms with Crippen molar-refractivity contribution >= 4 is 45.0 Å². The van der Waals surface area contributed by atoms with Crippen LogP contribution in [0.2, 0.25) is 5.02 Å². The van der Waals surface area contributed by atoms with Gasteiger partial charge in [0.25, 0.3) is 0 Å². The topological polar surface area (TPSA) is 50.3 Å². The second kappa shape index (κ2) is 3.77. The Kier molecular flexibility index (Phi) is 2.26. The van der Waals surface area contributed by atoms with Gasteiger partial charge >= 0.3 is 0 Å². The van der Waals surface area contributed by atoms with Gasteiger partial charge < -0.3 is 0 Å². The summed E-state index contributed by atoms with van der Waals surface area (Å²) in [5.41, 5.74) is 0.816. The Hall–Kier alpha value is -1.46. The SMILES string of the molecule is O=C1C2CC2C(=O)N1Cc1cc2nccc(Cl)c2s1. The van der Waals surface area contributed by atoms with Crippen molar-refractivity contribution in [1.82, 2.24) is 9.88 Å². The number of hydrogen-bond donors (Lipinski definition) is 0. The second-order valence-corrected chi connectivity index (χ2v) is 6.48. The highest BCUT2D eigenvalue weighted by molar-refractivity contribution is 7.19. The van der Waals surface area contributed by atoms with Crippen molar-refractivity contribution in [2.75, 3.05) is 0 Å². The molecule has 0 N–H and O–H groups in total. The van der Waals surface area contributed by atoms with Gasteiger partial charge in [-0.15, -0.1) is 11.3 Å². The van der Waals surface area contributed by atoms with E-state index in [9.17, 15) is 9.59 Å². The maximum Gasteiger partial charge on any atom is 0.233 e. The molecule has 0 spiro atoms. The summed E-state index contributed by atoms with van der Waals surface area (Å²) in [6, 6.07) is 3.64. The van der Waals surface area contributed by atoms with E-state index in [-0.39, 0.29) is 23.7 Å². The molecular weight excluding hydrogens is 284 g/mol. The molecular formula is C13H9ClN2O2S. The highest BCUT2D eigenvalue weighted by Gasteiger charge is 2.58. The number of aromatic nitrogens is 1. The summed E-state index contributed by atoms with van der Waals surface area (Å²) in [7, 11) is 0. The molecule has 2 aliphatic rings. The molecule has 3 heterocycles. The zero-order valence-corrected chi connectivity index (χ0v) is 11.4. The van der Waals surface area contributed by atoms with Crippen molar-refractivity contribution in [2.24, 2.45) is 11.8 Å². The number of halogens is 1. The molecule has 1 aliphatic carbocycles. The Morgan fingerprint density at radius 2 is 2.11 bits per heavy atom. The van der Waals surface area contributed by atoms with E-state index in [0.29, 0.717) is 11.6 Å². The van der Waals surface area contributed by atoms with Gasteiger partial charge in [0.2, 0.25) is 11.8 Å². The van der Waals surface area contributed by atoms with E-state index in [0.717, 1.165) is 21.5 Å². The third-order valence-corrected chi connectivity index (χ3v) is 5.26. The van der Waals surface area contributed by atoms with Crippen LogP contribution >= 0.6 is 22.9 Å². The number of amides is 2. The minimum absolute atomic E-state index is 0.0217. The van der Waals surface area contributed by atoms with Crippen molar-refractivity contribution in [1.29, 1.82) is 0 Å². The molecule has 0 bridgehead atoms. The summed E-state index contributed by atoms with van der Waals surface area (Å²) in [6.07, 6.45) is 2.40. The summed E-state index contributed by atoms with van der Waals surface area (Å²) in [4.78, 5) is 30.4. The van der Waals surface area contributed by atoms with Crippen LogP contribution in [-0.4, -0.2) is 21.7 Å². The number of fused-ring (bicyclic) bond motifs is 2. The molecule has 0 aromatic carbocycles. The van der Waals surface area contributed by atoms with E-state index in [1.54, 1.807) is 12.3 Å².